The summed E-state index contributed by atoms with van der Waals surface area (Å²) in [6, 6.07) is 37.4. The highest BCUT2D eigenvalue weighted by Crippen LogP contribution is 2.30. The zero-order chi connectivity index (χ0) is 82.4. The highest BCUT2D eigenvalue weighted by molar-refractivity contribution is 6.44. The Morgan fingerprint density at radius 1 is 0.372 bits per heavy atom. The van der Waals surface area contributed by atoms with E-state index in [0.29, 0.717) is 143 Å². The van der Waals surface area contributed by atoms with Crippen LogP contribution in [0.2, 0.25) is 50.2 Å². The molecule has 6 heterocycles. The molecule has 6 aromatic carbocycles. The van der Waals surface area contributed by atoms with Gasteiger partial charge in [0.25, 0.3) is 0 Å². The predicted molar refractivity (Wildman–Crippen MR) is 476 cm³/mol. The van der Waals surface area contributed by atoms with Crippen molar-refractivity contribution in [3.8, 4) is 0 Å². The second kappa shape index (κ2) is 45.5. The van der Waals surface area contributed by atoms with Gasteiger partial charge >= 0.3 is 0 Å². The lowest BCUT2D eigenvalue weighted by Gasteiger charge is -2.26. The fourth-order valence-corrected chi connectivity index (χ4v) is 11.8. The molecule has 19 N–H and O–H groups in total. The van der Waals surface area contributed by atoms with Crippen LogP contribution in [0.1, 0.15) is 77.6 Å². The molecular weight excluding hydrogens is 1650 g/mol. The fourth-order valence-electron chi connectivity index (χ4n) is 9.90. The molecule has 30 nitrogen and oxygen atoms in total. The van der Waals surface area contributed by atoms with Gasteiger partial charge in [0, 0.05) is 57.4 Å². The van der Waals surface area contributed by atoms with Crippen LogP contribution >= 0.6 is 116 Å². The topological polar surface area (TPSA) is 389 Å². The molecule has 0 aliphatic carbocycles. The van der Waals surface area contributed by atoms with Gasteiger partial charge in [-0.3, -0.25) is 41.9 Å². The van der Waals surface area contributed by atoms with Crippen LogP contribution in [0.3, 0.4) is 0 Å². The number of nitrogens with zero attached hydrogens (tertiary/aromatic N) is 14. The number of para-hydroxylation sites is 2. The largest absolute Gasteiger partial charge is 0.370 e. The highest BCUT2D eigenvalue weighted by atomic mass is 35.5. The van der Waals surface area contributed by atoms with E-state index in [1.165, 1.54) is 0 Å². The van der Waals surface area contributed by atoms with Crippen molar-refractivity contribution in [2.45, 2.75) is 124 Å². The molecule has 606 valence electrons. The Balaban J connectivity index is 0.000000188. The normalized spacial score (nSPS) is 20.0. The van der Waals surface area contributed by atoms with E-state index < -0.39 is 0 Å². The molecule has 40 heteroatoms. The summed E-state index contributed by atoms with van der Waals surface area (Å²) in [6.45, 7) is 17.8. The van der Waals surface area contributed by atoms with Gasteiger partial charge in [-0.25, -0.2) is 49.9 Å². The molecule has 6 aliphatic rings. The first kappa shape index (κ1) is 90.8. The summed E-state index contributed by atoms with van der Waals surface area (Å²) in [4.78, 5) is 55.6. The van der Waals surface area contributed by atoms with Crippen LogP contribution in [0.4, 0.5) is 11.4 Å². The SMILES string of the molecule is CC1N=C(N(C)C)NC(=NCCc2ccc(Cl)c(Cl)c2)N1.CC1N=C(N(C)C)NC(=NCc2ccc(Cl)c(Cl)c2)N1.CC1N=C(N)NC(=NCCc2cc(Cl)c(Cl)cc2Cl)N1.CC1N=C(N)NC(=NCc2ccccc2Cl)N1.CC1N=C(N)NC(Nc2ccccc2Cl)=N1.CC1N=C(Nc2ccccc2Cl)NC(NC(C)C)=N1. The first-order valence-electron chi connectivity index (χ1n) is 35.3. The first-order chi connectivity index (χ1) is 53.7. The minimum Gasteiger partial charge on any atom is -0.370 e. The zero-order valence-electron chi connectivity index (χ0n) is 64.1. The molecule has 0 fully saturated rings. The van der Waals surface area contributed by atoms with Gasteiger partial charge in [0.1, 0.15) is 37.0 Å². The van der Waals surface area contributed by atoms with Crippen LogP contribution in [0.25, 0.3) is 0 Å². The Morgan fingerprint density at radius 2 is 0.779 bits per heavy atom. The minimum atomic E-state index is -0.189. The first-order valence-corrected chi connectivity index (χ1v) is 39.1. The summed E-state index contributed by atoms with van der Waals surface area (Å²) in [5.41, 5.74) is 22.4. The van der Waals surface area contributed by atoms with E-state index >= 15 is 0 Å². The van der Waals surface area contributed by atoms with E-state index in [4.69, 9.17) is 133 Å². The third-order valence-electron chi connectivity index (χ3n) is 15.1. The van der Waals surface area contributed by atoms with Crippen molar-refractivity contribution in [2.24, 2.45) is 77.1 Å². The Hall–Kier alpha value is -9.34. The van der Waals surface area contributed by atoms with Gasteiger partial charge in [0.05, 0.1) is 64.6 Å². The molecule has 6 aromatic rings. The van der Waals surface area contributed by atoms with E-state index in [1.807, 2.05) is 177 Å². The molecule has 6 unspecified atom stereocenters. The predicted octanol–water partition coefficient (Wildman–Crippen LogP) is 11.9. The number of rotatable bonds is 13. The molecule has 6 atom stereocenters. The summed E-state index contributed by atoms with van der Waals surface area (Å²) >= 11 is 59.9. The van der Waals surface area contributed by atoms with Gasteiger partial charge in [-0.05, 0) is 157 Å². The number of halogens is 10. The van der Waals surface area contributed by atoms with Gasteiger partial charge in [0.2, 0.25) is 23.8 Å². The van der Waals surface area contributed by atoms with Crippen LogP contribution in [-0.2, 0) is 25.9 Å². The van der Waals surface area contributed by atoms with Crippen LogP contribution in [0, 0.1) is 0 Å². The summed E-state index contributed by atoms with van der Waals surface area (Å²) in [5, 5.41) is 45.6. The zero-order valence-corrected chi connectivity index (χ0v) is 71.7. The van der Waals surface area contributed by atoms with Crippen LogP contribution < -0.4 is 86.3 Å². The number of aliphatic imine (C=N–C) groups is 12. The molecule has 6 aliphatic heterocycles. The van der Waals surface area contributed by atoms with E-state index in [2.05, 4.69) is 143 Å². The number of anilines is 2. The number of nitrogens with one attached hydrogen (secondary N) is 13. The monoisotopic (exact) mass is 1740 g/mol. The summed E-state index contributed by atoms with van der Waals surface area (Å²) in [7, 11) is 7.75. The van der Waals surface area contributed by atoms with Gasteiger partial charge in [-0.2, -0.15) is 0 Å². The highest BCUT2D eigenvalue weighted by Gasteiger charge is 2.21. The molecule has 0 spiro atoms. The quantitative estimate of drug-likeness (QED) is 0.0478. The second-order valence-corrected chi connectivity index (χ2v) is 29.8. The standard InChI is InChI=1S/C14H19Cl2N5.C13H17Cl2N5.C13H18ClN5.C12H14Cl3N5.C11H14ClN5.C10H12ClN5/c1-9-18-13(20-14(19-9)21(2)3)17-7-6-10-4-5-11(15)12(16)8-10;1-8-17-12(19-13(18-8)20(2)3)16-7-9-4-5-10(14)11(15)6-9;1-8(2)15-12-16-9(3)17-13(19-12)18-11-7-5-4-6-10(11)14;1-6-18-11(16)20-12(19-6)17-3-2-7-4-9(14)10(15)5-8(7)13;1-7-15-10(13)17-11(16-7)14-6-8-4-2-3-5-9(8)12;1-6-13-9(12)16-10(14-6)15-8-5-3-2-4-7(8)11/h4-5,8-9H,6-7H2,1-3H3,(H2,17,18,19,20);4-6,8H,7H2,1-3H3,(H2,16,17,18,19);4-9H,1-3H3,(H3,15,16,17,18,19);4-6H,2-3H2,1H3,(H4,16,17,18,19,20);2-5,7H,6H2,1H3,(H4,13,14,15,16,17);2-6H,1H3,(H4,12,13,14,15,16). The maximum Gasteiger partial charge on any atom is 0.204 e. The number of guanidine groups is 12. The van der Waals surface area contributed by atoms with Crippen molar-refractivity contribution in [3.63, 3.8) is 0 Å². The molecule has 113 heavy (non-hydrogen) atoms. The Kier molecular flexibility index (Phi) is 36.6. The van der Waals surface area contributed by atoms with E-state index in [9.17, 15) is 0 Å². The van der Waals surface area contributed by atoms with Gasteiger partial charge in [-0.15, -0.1) is 0 Å². The number of hydrogen-bond donors (Lipinski definition) is 16. The minimum absolute atomic E-state index is 0.00683. The smallest absolute Gasteiger partial charge is 0.204 e. The third-order valence-corrected chi connectivity index (χ3v) is 18.7. The van der Waals surface area contributed by atoms with Gasteiger partial charge in [-0.1, -0.05) is 171 Å². The molecule has 0 bridgehead atoms. The van der Waals surface area contributed by atoms with Crippen molar-refractivity contribution < 1.29 is 0 Å². The van der Waals surface area contributed by atoms with Crippen molar-refractivity contribution in [1.82, 2.24) is 68.3 Å². The molecule has 0 amide bonds. The maximum atomic E-state index is 6.11. The van der Waals surface area contributed by atoms with Crippen molar-refractivity contribution in [1.29, 1.82) is 0 Å². The van der Waals surface area contributed by atoms with E-state index in [0.717, 1.165) is 57.9 Å². The Bertz CT molecular complexity index is 4600. The van der Waals surface area contributed by atoms with E-state index in [-0.39, 0.29) is 37.0 Å². The number of benzene rings is 6. The Morgan fingerprint density at radius 3 is 1.27 bits per heavy atom. The fraction of sp³-hybridized carbons (Fsp3) is 0.342. The number of hydrogen-bond acceptors (Lipinski definition) is 22. The van der Waals surface area contributed by atoms with E-state index in [1.54, 1.807) is 24.3 Å². The molecule has 0 aromatic heterocycles. The lowest BCUT2D eigenvalue weighted by Crippen LogP contribution is -2.53. The lowest BCUT2D eigenvalue weighted by molar-refractivity contribution is 0.559. The molecule has 0 radical (unpaired) electrons. The molecule has 12 rings (SSSR count). The maximum absolute atomic E-state index is 6.11. The molecular formula is C73H94Cl10N30. The average Bonchev–Trinajstić information content (AvgIpc) is 0.866. The van der Waals surface area contributed by atoms with Gasteiger partial charge in [0.15, 0.2) is 47.7 Å². The third kappa shape index (κ3) is 32.2. The summed E-state index contributed by atoms with van der Waals surface area (Å²) in [6.07, 6.45) is 0.956. The van der Waals surface area contributed by atoms with Crippen molar-refractivity contribution in [2.75, 3.05) is 51.9 Å². The van der Waals surface area contributed by atoms with Crippen LogP contribution in [0.5, 0.6) is 0 Å². The molecule has 0 saturated carbocycles. The lowest BCUT2D eigenvalue weighted by atomic mass is 10.1. The summed E-state index contributed by atoms with van der Waals surface area (Å²) in [5.74, 6) is 7.20. The van der Waals surface area contributed by atoms with Crippen molar-refractivity contribution >= 4 is 199 Å². The van der Waals surface area contributed by atoms with Crippen LogP contribution in [-0.4, -0.2) is 166 Å². The Labute approximate surface area is 709 Å². The molecule has 0 saturated heterocycles. The van der Waals surface area contributed by atoms with Gasteiger partial charge < -0.3 is 64.2 Å². The van der Waals surface area contributed by atoms with Crippen molar-refractivity contribution in [3.05, 3.63) is 194 Å². The van der Waals surface area contributed by atoms with Crippen LogP contribution in [0.15, 0.2) is 181 Å². The number of nitrogens with two attached hydrogens (primary N) is 3. The second-order valence-electron chi connectivity index (χ2n) is 25.7. The average molecular weight is 1750 g/mol. The summed E-state index contributed by atoms with van der Waals surface area (Å²) < 4.78 is 0.